The molecular weight excluding hydrogens is 274 g/mol. The molecule has 0 unspecified atom stereocenters. The van der Waals surface area contributed by atoms with Crippen molar-refractivity contribution in [3.8, 4) is 0 Å². The lowest BCUT2D eigenvalue weighted by Crippen LogP contribution is -2.22. The molecule has 2 aromatic rings. The number of hydrogen-bond acceptors (Lipinski definition) is 4. The molecule has 3 rings (SSSR count). The predicted molar refractivity (Wildman–Crippen MR) is 92.8 cm³/mol. The number of likely N-dealkylation sites (N-methyl/N-ethyl adjacent to an activating group) is 1. The predicted octanol–water partition coefficient (Wildman–Crippen LogP) is 3.36. The molecule has 0 atom stereocenters. The fourth-order valence-electron chi connectivity index (χ4n) is 2.73. The van der Waals surface area contributed by atoms with Crippen LogP contribution in [-0.2, 0) is 0 Å². The standard InChI is InChI=1S/C18H25N3O/c1-12(2)13-4-7-15-16(10-13)18(21(3)8-9-22)19-11-17(15)20-14-5-6-14/h4,7,10-12,14,20,22H,5-6,8-9H2,1-3H3. The van der Waals surface area contributed by atoms with E-state index in [4.69, 9.17) is 0 Å². The summed E-state index contributed by atoms with van der Waals surface area (Å²) in [6, 6.07) is 7.26. The van der Waals surface area contributed by atoms with Crippen LogP contribution in [0.4, 0.5) is 11.5 Å². The van der Waals surface area contributed by atoms with E-state index in [0.717, 1.165) is 16.9 Å². The van der Waals surface area contributed by atoms with Crippen molar-refractivity contribution < 1.29 is 5.11 Å². The average molecular weight is 299 g/mol. The normalized spacial score (nSPS) is 14.6. The Labute approximate surface area is 132 Å². The van der Waals surface area contributed by atoms with Crippen LogP contribution in [0.1, 0.15) is 38.2 Å². The number of nitrogens with zero attached hydrogens (tertiary/aromatic N) is 2. The van der Waals surface area contributed by atoms with E-state index in [1.165, 1.54) is 23.8 Å². The van der Waals surface area contributed by atoms with Gasteiger partial charge in [-0.25, -0.2) is 4.98 Å². The van der Waals surface area contributed by atoms with Crippen molar-refractivity contribution in [2.24, 2.45) is 0 Å². The molecule has 22 heavy (non-hydrogen) atoms. The quantitative estimate of drug-likeness (QED) is 0.858. The third-order valence-electron chi connectivity index (χ3n) is 4.29. The van der Waals surface area contributed by atoms with Crippen molar-refractivity contribution in [3.05, 3.63) is 30.0 Å². The summed E-state index contributed by atoms with van der Waals surface area (Å²) in [7, 11) is 1.98. The van der Waals surface area contributed by atoms with E-state index in [1.807, 2.05) is 18.1 Å². The molecule has 0 aliphatic heterocycles. The van der Waals surface area contributed by atoms with Gasteiger partial charge in [0, 0.05) is 30.4 Å². The molecule has 0 saturated heterocycles. The number of rotatable bonds is 6. The summed E-state index contributed by atoms with van der Waals surface area (Å²) >= 11 is 0. The van der Waals surface area contributed by atoms with Gasteiger partial charge in [0.2, 0.25) is 0 Å². The van der Waals surface area contributed by atoms with Crippen LogP contribution in [0, 0.1) is 0 Å². The zero-order valence-corrected chi connectivity index (χ0v) is 13.6. The maximum atomic E-state index is 9.21. The number of hydrogen-bond donors (Lipinski definition) is 2. The Morgan fingerprint density at radius 2 is 2.09 bits per heavy atom. The Kier molecular flexibility index (Phi) is 4.21. The second-order valence-electron chi connectivity index (χ2n) is 6.52. The fourth-order valence-corrected chi connectivity index (χ4v) is 2.73. The first kappa shape index (κ1) is 15.1. The van der Waals surface area contributed by atoms with Crippen molar-refractivity contribution in [3.63, 3.8) is 0 Å². The number of aliphatic hydroxyl groups excluding tert-OH is 1. The van der Waals surface area contributed by atoms with Gasteiger partial charge in [-0.1, -0.05) is 26.0 Å². The van der Waals surface area contributed by atoms with E-state index in [9.17, 15) is 5.11 Å². The van der Waals surface area contributed by atoms with Gasteiger partial charge in [-0.2, -0.15) is 0 Å². The number of pyridine rings is 1. The fraction of sp³-hybridized carbons (Fsp3) is 0.500. The smallest absolute Gasteiger partial charge is 0.136 e. The first-order valence-electron chi connectivity index (χ1n) is 8.11. The Morgan fingerprint density at radius 3 is 2.73 bits per heavy atom. The van der Waals surface area contributed by atoms with Gasteiger partial charge in [-0.05, 0) is 30.4 Å². The van der Waals surface area contributed by atoms with E-state index >= 15 is 0 Å². The third-order valence-corrected chi connectivity index (χ3v) is 4.29. The van der Waals surface area contributed by atoms with Gasteiger partial charge < -0.3 is 15.3 Å². The molecule has 0 bridgehead atoms. The Bertz CT molecular complexity index is 665. The molecule has 1 aromatic heterocycles. The Hall–Kier alpha value is -1.81. The number of fused-ring (bicyclic) bond motifs is 1. The van der Waals surface area contributed by atoms with Gasteiger partial charge in [-0.15, -0.1) is 0 Å². The minimum Gasteiger partial charge on any atom is -0.395 e. The Balaban J connectivity index is 2.11. The van der Waals surface area contributed by atoms with Gasteiger partial charge >= 0.3 is 0 Å². The van der Waals surface area contributed by atoms with Crippen LogP contribution in [0.2, 0.25) is 0 Å². The third kappa shape index (κ3) is 3.02. The average Bonchev–Trinajstić information content (AvgIpc) is 3.31. The van der Waals surface area contributed by atoms with E-state index in [0.29, 0.717) is 18.5 Å². The van der Waals surface area contributed by atoms with Crippen molar-refractivity contribution in [1.82, 2.24) is 4.98 Å². The first-order chi connectivity index (χ1) is 10.6. The highest BCUT2D eigenvalue weighted by molar-refractivity contribution is 6.00. The van der Waals surface area contributed by atoms with Crippen LogP contribution in [-0.4, -0.2) is 36.3 Å². The molecule has 1 aliphatic carbocycles. The minimum atomic E-state index is 0.131. The van der Waals surface area contributed by atoms with Gasteiger partial charge in [0.05, 0.1) is 18.5 Å². The molecule has 4 heteroatoms. The van der Waals surface area contributed by atoms with Crippen molar-refractivity contribution in [2.45, 2.75) is 38.6 Å². The summed E-state index contributed by atoms with van der Waals surface area (Å²) in [6.07, 6.45) is 4.42. The molecule has 1 saturated carbocycles. The summed E-state index contributed by atoms with van der Waals surface area (Å²) in [6.45, 7) is 5.13. The van der Waals surface area contributed by atoms with Crippen molar-refractivity contribution >= 4 is 22.3 Å². The molecule has 2 N–H and O–H groups in total. The summed E-state index contributed by atoms with van der Waals surface area (Å²) in [5.74, 6) is 1.42. The molecule has 0 spiro atoms. The zero-order valence-electron chi connectivity index (χ0n) is 13.6. The van der Waals surface area contributed by atoms with Crippen LogP contribution in [0.3, 0.4) is 0 Å². The van der Waals surface area contributed by atoms with E-state index < -0.39 is 0 Å². The maximum absolute atomic E-state index is 9.21. The molecule has 4 nitrogen and oxygen atoms in total. The lowest BCUT2D eigenvalue weighted by atomic mass is 9.99. The Morgan fingerprint density at radius 1 is 1.32 bits per heavy atom. The van der Waals surface area contributed by atoms with E-state index in [1.54, 1.807) is 0 Å². The number of nitrogens with one attached hydrogen (secondary N) is 1. The molecule has 1 fully saturated rings. The monoisotopic (exact) mass is 299 g/mol. The molecule has 1 aliphatic rings. The lowest BCUT2D eigenvalue weighted by Gasteiger charge is -2.21. The maximum Gasteiger partial charge on any atom is 0.136 e. The van der Waals surface area contributed by atoms with E-state index in [2.05, 4.69) is 42.3 Å². The molecule has 0 amide bonds. The van der Waals surface area contributed by atoms with Crippen molar-refractivity contribution in [2.75, 3.05) is 30.4 Å². The zero-order chi connectivity index (χ0) is 15.7. The SMILES string of the molecule is CC(C)c1ccc2c(NC3CC3)cnc(N(C)CCO)c2c1. The largest absolute Gasteiger partial charge is 0.395 e. The summed E-state index contributed by atoms with van der Waals surface area (Å²) in [4.78, 5) is 6.68. The van der Waals surface area contributed by atoms with Gasteiger partial charge in [-0.3, -0.25) is 0 Å². The second-order valence-corrected chi connectivity index (χ2v) is 6.52. The topological polar surface area (TPSA) is 48.4 Å². The number of benzene rings is 1. The number of aromatic nitrogens is 1. The minimum absolute atomic E-state index is 0.131. The highest BCUT2D eigenvalue weighted by Gasteiger charge is 2.22. The van der Waals surface area contributed by atoms with Crippen LogP contribution >= 0.6 is 0 Å². The molecular formula is C18H25N3O. The highest BCUT2D eigenvalue weighted by atomic mass is 16.3. The van der Waals surface area contributed by atoms with Crippen LogP contribution < -0.4 is 10.2 Å². The van der Waals surface area contributed by atoms with E-state index in [-0.39, 0.29) is 6.61 Å². The molecule has 1 aromatic carbocycles. The summed E-state index contributed by atoms with van der Waals surface area (Å²) in [5, 5.41) is 15.2. The van der Waals surface area contributed by atoms with Gasteiger partial charge in [0.1, 0.15) is 5.82 Å². The number of anilines is 2. The van der Waals surface area contributed by atoms with Crippen LogP contribution in [0.25, 0.3) is 10.8 Å². The summed E-state index contributed by atoms with van der Waals surface area (Å²) in [5.41, 5.74) is 2.44. The first-order valence-corrected chi connectivity index (χ1v) is 8.11. The molecule has 0 radical (unpaired) electrons. The van der Waals surface area contributed by atoms with Crippen LogP contribution in [0.5, 0.6) is 0 Å². The lowest BCUT2D eigenvalue weighted by molar-refractivity contribution is 0.304. The number of aliphatic hydroxyl groups is 1. The molecule has 1 heterocycles. The van der Waals surface area contributed by atoms with Crippen molar-refractivity contribution in [1.29, 1.82) is 0 Å². The van der Waals surface area contributed by atoms with Gasteiger partial charge in [0.25, 0.3) is 0 Å². The van der Waals surface area contributed by atoms with Gasteiger partial charge in [0.15, 0.2) is 0 Å². The molecule has 118 valence electrons. The summed E-state index contributed by atoms with van der Waals surface area (Å²) < 4.78 is 0. The second kappa shape index (κ2) is 6.13. The highest BCUT2D eigenvalue weighted by Crippen LogP contribution is 2.34. The van der Waals surface area contributed by atoms with Crippen LogP contribution in [0.15, 0.2) is 24.4 Å².